The summed E-state index contributed by atoms with van der Waals surface area (Å²) in [6, 6.07) is 7.76. The van der Waals surface area contributed by atoms with Crippen LogP contribution in [0.1, 0.15) is 48.8 Å². The van der Waals surface area contributed by atoms with Gasteiger partial charge in [0.25, 0.3) is 0 Å². The highest BCUT2D eigenvalue weighted by molar-refractivity contribution is 7.16. The Labute approximate surface area is 182 Å². The Balaban J connectivity index is 1.75. The molecule has 158 valence electrons. The van der Waals surface area contributed by atoms with E-state index in [0.29, 0.717) is 28.0 Å². The van der Waals surface area contributed by atoms with Crippen molar-refractivity contribution in [2.75, 3.05) is 19.5 Å². The number of fused-ring (bicyclic) bond motifs is 1. The molecule has 1 aromatic carbocycles. The molecule has 1 aliphatic carbocycles. The molecule has 1 heterocycles. The Morgan fingerprint density at radius 2 is 2.00 bits per heavy atom. The van der Waals surface area contributed by atoms with Crippen molar-refractivity contribution < 1.29 is 14.3 Å². The summed E-state index contributed by atoms with van der Waals surface area (Å²) >= 11 is 1.54. The molecular formula is C24H28N2O3S. The SMILES string of the molecule is COc1ccc(C=CC(=O)Nc2sc3c(c2C#N)CCC(C(C)(C)C)C3)cc1OC. The van der Waals surface area contributed by atoms with E-state index in [0.717, 1.165) is 30.4 Å². The van der Waals surface area contributed by atoms with Crippen molar-refractivity contribution in [3.63, 3.8) is 0 Å². The molecule has 0 saturated heterocycles. The lowest BCUT2D eigenvalue weighted by Gasteiger charge is -2.33. The van der Waals surface area contributed by atoms with E-state index >= 15 is 0 Å². The monoisotopic (exact) mass is 424 g/mol. The first-order chi connectivity index (χ1) is 14.3. The van der Waals surface area contributed by atoms with Gasteiger partial charge in [-0.2, -0.15) is 5.26 Å². The van der Waals surface area contributed by atoms with E-state index in [1.54, 1.807) is 43.8 Å². The molecule has 0 saturated carbocycles. The summed E-state index contributed by atoms with van der Waals surface area (Å²) in [4.78, 5) is 13.7. The topological polar surface area (TPSA) is 71.3 Å². The van der Waals surface area contributed by atoms with Crippen LogP contribution in [0.25, 0.3) is 6.08 Å². The van der Waals surface area contributed by atoms with Gasteiger partial charge in [-0.3, -0.25) is 4.79 Å². The zero-order valence-electron chi connectivity index (χ0n) is 18.2. The molecular weight excluding hydrogens is 396 g/mol. The van der Waals surface area contributed by atoms with Crippen molar-refractivity contribution >= 4 is 28.3 Å². The van der Waals surface area contributed by atoms with E-state index in [1.165, 1.54) is 11.0 Å². The molecule has 2 aromatic rings. The summed E-state index contributed by atoms with van der Waals surface area (Å²) in [6.45, 7) is 6.80. The van der Waals surface area contributed by atoms with E-state index < -0.39 is 0 Å². The number of methoxy groups -OCH3 is 2. The highest BCUT2D eigenvalue weighted by atomic mass is 32.1. The zero-order valence-corrected chi connectivity index (χ0v) is 19.0. The maximum Gasteiger partial charge on any atom is 0.249 e. The lowest BCUT2D eigenvalue weighted by molar-refractivity contribution is -0.111. The molecule has 1 aromatic heterocycles. The first-order valence-corrected chi connectivity index (χ1v) is 10.8. The largest absolute Gasteiger partial charge is 0.493 e. The van der Waals surface area contributed by atoms with Crippen LogP contribution in [0.15, 0.2) is 24.3 Å². The average molecular weight is 425 g/mol. The first-order valence-electron chi connectivity index (χ1n) is 10.0. The molecule has 6 heteroatoms. The molecule has 1 unspecified atom stereocenters. The number of thiophene rings is 1. The number of nitriles is 1. The van der Waals surface area contributed by atoms with Crippen molar-refractivity contribution in [1.29, 1.82) is 5.26 Å². The van der Waals surface area contributed by atoms with E-state index in [-0.39, 0.29) is 11.3 Å². The average Bonchev–Trinajstić information content (AvgIpc) is 3.07. The van der Waals surface area contributed by atoms with E-state index in [9.17, 15) is 10.1 Å². The third kappa shape index (κ3) is 4.68. The third-order valence-corrected chi connectivity index (χ3v) is 6.84. The van der Waals surface area contributed by atoms with Crippen LogP contribution in [0.2, 0.25) is 0 Å². The second-order valence-corrected chi connectivity index (χ2v) is 9.67. The zero-order chi connectivity index (χ0) is 21.9. The van der Waals surface area contributed by atoms with Gasteiger partial charge in [-0.25, -0.2) is 0 Å². The van der Waals surface area contributed by atoms with Crippen molar-refractivity contribution in [1.82, 2.24) is 0 Å². The molecule has 1 aliphatic rings. The molecule has 0 bridgehead atoms. The van der Waals surface area contributed by atoms with Gasteiger partial charge in [0.2, 0.25) is 5.91 Å². The van der Waals surface area contributed by atoms with Crippen LogP contribution in [-0.2, 0) is 17.6 Å². The second-order valence-electron chi connectivity index (χ2n) is 8.56. The Hall–Kier alpha value is -2.78. The van der Waals surface area contributed by atoms with Crippen LogP contribution < -0.4 is 14.8 Å². The summed E-state index contributed by atoms with van der Waals surface area (Å²) in [6.07, 6.45) is 6.13. The molecule has 30 heavy (non-hydrogen) atoms. The van der Waals surface area contributed by atoms with Crippen molar-refractivity contribution in [2.45, 2.75) is 40.0 Å². The Bertz CT molecular complexity index is 1010. The maximum atomic E-state index is 12.5. The number of hydrogen-bond donors (Lipinski definition) is 1. The second kappa shape index (κ2) is 8.93. The summed E-state index contributed by atoms with van der Waals surface area (Å²) in [5.41, 5.74) is 2.79. The van der Waals surface area contributed by atoms with Gasteiger partial charge in [0, 0.05) is 11.0 Å². The fraction of sp³-hybridized carbons (Fsp3) is 0.417. The van der Waals surface area contributed by atoms with Crippen molar-refractivity contribution in [3.8, 4) is 17.6 Å². The van der Waals surface area contributed by atoms with Crippen LogP contribution in [0, 0.1) is 22.7 Å². The minimum atomic E-state index is -0.257. The third-order valence-electron chi connectivity index (χ3n) is 5.67. The van der Waals surface area contributed by atoms with Crippen molar-refractivity contribution in [3.05, 3.63) is 45.8 Å². The molecule has 0 spiro atoms. The van der Waals surface area contributed by atoms with Gasteiger partial charge in [-0.1, -0.05) is 26.8 Å². The summed E-state index contributed by atoms with van der Waals surface area (Å²) in [7, 11) is 3.15. The smallest absolute Gasteiger partial charge is 0.249 e. The fourth-order valence-corrected chi connectivity index (χ4v) is 5.09. The molecule has 1 amide bonds. The number of rotatable bonds is 5. The molecule has 0 aliphatic heterocycles. The molecule has 3 rings (SSSR count). The van der Waals surface area contributed by atoms with Gasteiger partial charge < -0.3 is 14.8 Å². The quantitative estimate of drug-likeness (QED) is 0.649. The molecule has 1 N–H and O–H groups in total. The number of carbonyl (C=O) groups is 1. The normalized spacial score (nSPS) is 16.1. The molecule has 1 atom stereocenters. The fourth-order valence-electron chi connectivity index (χ4n) is 3.81. The number of nitrogens with one attached hydrogen (secondary N) is 1. The number of nitrogens with zero attached hydrogens (tertiary/aromatic N) is 1. The summed E-state index contributed by atoms with van der Waals surface area (Å²) < 4.78 is 10.5. The predicted molar refractivity (Wildman–Crippen MR) is 121 cm³/mol. The Morgan fingerprint density at radius 3 is 2.63 bits per heavy atom. The van der Waals surface area contributed by atoms with Crippen LogP contribution in [0.3, 0.4) is 0 Å². The highest BCUT2D eigenvalue weighted by Gasteiger charge is 2.32. The summed E-state index contributed by atoms with van der Waals surface area (Å²) in [5.74, 6) is 1.57. The van der Waals surface area contributed by atoms with E-state index in [4.69, 9.17) is 9.47 Å². The number of hydrogen-bond acceptors (Lipinski definition) is 5. The minimum absolute atomic E-state index is 0.236. The van der Waals surface area contributed by atoms with Crippen molar-refractivity contribution in [2.24, 2.45) is 11.3 Å². The van der Waals surface area contributed by atoms with Gasteiger partial charge in [0.05, 0.1) is 19.8 Å². The maximum absolute atomic E-state index is 12.5. The van der Waals surface area contributed by atoms with Gasteiger partial charge in [-0.05, 0) is 59.9 Å². The van der Waals surface area contributed by atoms with Gasteiger partial charge >= 0.3 is 0 Å². The standard InChI is InChI=1S/C24H28N2O3S/c1-24(2,3)16-8-9-17-18(14-25)23(30-21(17)13-16)26-22(27)11-7-15-6-10-19(28-4)20(12-15)29-5/h6-7,10-12,16H,8-9,13H2,1-5H3,(H,26,27). The predicted octanol–water partition coefficient (Wildman–Crippen LogP) is 5.44. The van der Waals surface area contributed by atoms with E-state index in [1.807, 2.05) is 6.07 Å². The van der Waals surface area contributed by atoms with Gasteiger partial charge in [0.15, 0.2) is 11.5 Å². The number of benzene rings is 1. The van der Waals surface area contributed by atoms with Gasteiger partial charge in [0.1, 0.15) is 11.1 Å². The summed E-state index contributed by atoms with van der Waals surface area (Å²) in [5, 5.41) is 13.2. The highest BCUT2D eigenvalue weighted by Crippen LogP contribution is 2.44. The van der Waals surface area contributed by atoms with Crippen LogP contribution >= 0.6 is 11.3 Å². The number of anilines is 1. The lowest BCUT2D eigenvalue weighted by atomic mass is 9.72. The molecule has 0 fully saturated rings. The van der Waals surface area contributed by atoms with E-state index in [2.05, 4.69) is 32.2 Å². The number of amides is 1. The van der Waals surface area contributed by atoms with Crippen LogP contribution in [-0.4, -0.2) is 20.1 Å². The van der Waals surface area contributed by atoms with Gasteiger partial charge in [-0.15, -0.1) is 11.3 Å². The van der Waals surface area contributed by atoms with Crippen LogP contribution in [0.5, 0.6) is 11.5 Å². The lowest BCUT2D eigenvalue weighted by Crippen LogP contribution is -2.26. The Morgan fingerprint density at radius 1 is 1.27 bits per heavy atom. The Kier molecular flexibility index (Phi) is 6.52. The number of carbonyl (C=O) groups excluding carboxylic acids is 1. The first kappa shape index (κ1) is 21.9. The minimum Gasteiger partial charge on any atom is -0.493 e. The molecule has 5 nitrogen and oxygen atoms in total. The number of ether oxygens (including phenoxy) is 2. The molecule has 0 radical (unpaired) electrons. The van der Waals surface area contributed by atoms with Crippen LogP contribution in [0.4, 0.5) is 5.00 Å².